The number of benzene rings is 1. The Kier molecular flexibility index (Phi) is 3.62. The highest BCUT2D eigenvalue weighted by atomic mass is 32.1. The van der Waals surface area contributed by atoms with Crippen LogP contribution in [0, 0.1) is 0 Å². The number of nitrogens with one attached hydrogen (secondary N) is 1. The molecule has 0 atom stereocenters. The molecule has 0 fully saturated rings. The fourth-order valence-electron chi connectivity index (χ4n) is 1.61. The standard InChI is InChI=1S/C14H17NS/c1-11(2)13-4-3-5-14(8-13)15-9-12-6-7-16-10-12/h3-8,10-11,15H,9H2,1-2H3. The predicted molar refractivity (Wildman–Crippen MR) is 72.2 cm³/mol. The molecule has 0 unspecified atom stereocenters. The second-order valence-electron chi connectivity index (χ2n) is 4.27. The van der Waals surface area contributed by atoms with E-state index >= 15 is 0 Å². The molecule has 0 aliphatic carbocycles. The zero-order valence-corrected chi connectivity index (χ0v) is 10.6. The van der Waals surface area contributed by atoms with Crippen molar-refractivity contribution in [3.8, 4) is 0 Å². The van der Waals surface area contributed by atoms with Crippen LogP contribution in [0.4, 0.5) is 5.69 Å². The number of anilines is 1. The lowest BCUT2D eigenvalue weighted by molar-refractivity contribution is 0.866. The predicted octanol–water partition coefficient (Wildman–Crippen LogP) is 4.48. The van der Waals surface area contributed by atoms with Crippen LogP contribution in [0.15, 0.2) is 41.1 Å². The molecule has 2 aromatic rings. The van der Waals surface area contributed by atoms with E-state index in [-0.39, 0.29) is 0 Å². The average Bonchev–Trinajstić information content (AvgIpc) is 2.79. The van der Waals surface area contributed by atoms with Crippen LogP contribution in [0.3, 0.4) is 0 Å². The summed E-state index contributed by atoms with van der Waals surface area (Å²) in [6, 6.07) is 10.8. The van der Waals surface area contributed by atoms with Crippen molar-refractivity contribution in [2.75, 3.05) is 5.32 Å². The van der Waals surface area contributed by atoms with Gasteiger partial charge in [-0.1, -0.05) is 26.0 Å². The Hall–Kier alpha value is -1.28. The lowest BCUT2D eigenvalue weighted by atomic mass is 10.0. The second-order valence-corrected chi connectivity index (χ2v) is 5.05. The van der Waals surface area contributed by atoms with Gasteiger partial charge in [0.05, 0.1) is 0 Å². The highest BCUT2D eigenvalue weighted by Gasteiger charge is 2.00. The summed E-state index contributed by atoms with van der Waals surface area (Å²) in [5.41, 5.74) is 3.94. The minimum atomic E-state index is 0.586. The molecule has 16 heavy (non-hydrogen) atoms. The van der Waals surface area contributed by atoms with E-state index < -0.39 is 0 Å². The van der Waals surface area contributed by atoms with E-state index in [4.69, 9.17) is 0 Å². The van der Waals surface area contributed by atoms with Crippen LogP contribution in [-0.2, 0) is 6.54 Å². The van der Waals surface area contributed by atoms with Gasteiger partial charge < -0.3 is 5.32 Å². The third kappa shape index (κ3) is 2.86. The molecule has 1 aromatic heterocycles. The molecule has 0 radical (unpaired) electrons. The van der Waals surface area contributed by atoms with Gasteiger partial charge >= 0.3 is 0 Å². The topological polar surface area (TPSA) is 12.0 Å². The van der Waals surface area contributed by atoms with Crippen molar-refractivity contribution in [3.63, 3.8) is 0 Å². The van der Waals surface area contributed by atoms with Gasteiger partial charge in [-0.3, -0.25) is 0 Å². The van der Waals surface area contributed by atoms with Crippen LogP contribution in [-0.4, -0.2) is 0 Å². The average molecular weight is 231 g/mol. The van der Waals surface area contributed by atoms with Gasteiger partial charge in [-0.2, -0.15) is 11.3 Å². The normalized spacial score (nSPS) is 10.7. The van der Waals surface area contributed by atoms with Gasteiger partial charge in [0.2, 0.25) is 0 Å². The van der Waals surface area contributed by atoms with Gasteiger partial charge in [0.15, 0.2) is 0 Å². The molecule has 2 rings (SSSR count). The van der Waals surface area contributed by atoms with E-state index in [0.717, 1.165) is 6.54 Å². The first-order chi connectivity index (χ1) is 7.75. The Balaban J connectivity index is 2.01. The summed E-state index contributed by atoms with van der Waals surface area (Å²) in [7, 11) is 0. The molecule has 0 aliphatic heterocycles. The van der Waals surface area contributed by atoms with Gasteiger partial charge in [-0.05, 0) is 46.0 Å². The first-order valence-corrected chi connectivity index (χ1v) is 6.55. The first kappa shape index (κ1) is 11.2. The molecule has 0 bridgehead atoms. The molecule has 1 heterocycles. The third-order valence-corrected chi connectivity index (χ3v) is 3.36. The Labute approximate surface area is 101 Å². The fourth-order valence-corrected chi connectivity index (χ4v) is 2.27. The van der Waals surface area contributed by atoms with E-state index in [1.165, 1.54) is 16.8 Å². The largest absolute Gasteiger partial charge is 0.381 e. The number of thiophene rings is 1. The summed E-state index contributed by atoms with van der Waals surface area (Å²) in [5.74, 6) is 0.586. The minimum Gasteiger partial charge on any atom is -0.381 e. The maximum Gasteiger partial charge on any atom is 0.0409 e. The molecule has 0 saturated heterocycles. The van der Waals surface area contributed by atoms with Crippen molar-refractivity contribution in [1.29, 1.82) is 0 Å². The molecule has 0 amide bonds. The molecule has 1 nitrogen and oxygen atoms in total. The van der Waals surface area contributed by atoms with Crippen LogP contribution >= 0.6 is 11.3 Å². The molecule has 1 aromatic carbocycles. The van der Waals surface area contributed by atoms with Crippen molar-refractivity contribution >= 4 is 17.0 Å². The Morgan fingerprint density at radius 1 is 1.25 bits per heavy atom. The van der Waals surface area contributed by atoms with Crippen molar-refractivity contribution in [2.45, 2.75) is 26.3 Å². The summed E-state index contributed by atoms with van der Waals surface area (Å²) in [4.78, 5) is 0. The molecule has 84 valence electrons. The molecular weight excluding hydrogens is 214 g/mol. The maximum absolute atomic E-state index is 3.45. The van der Waals surface area contributed by atoms with Gasteiger partial charge in [0.1, 0.15) is 0 Å². The van der Waals surface area contributed by atoms with Crippen molar-refractivity contribution < 1.29 is 0 Å². The van der Waals surface area contributed by atoms with Crippen molar-refractivity contribution in [3.05, 3.63) is 52.2 Å². The lowest BCUT2D eigenvalue weighted by Gasteiger charge is -2.09. The van der Waals surface area contributed by atoms with E-state index in [2.05, 4.69) is 60.3 Å². The lowest BCUT2D eigenvalue weighted by Crippen LogP contribution is -1.98. The van der Waals surface area contributed by atoms with Gasteiger partial charge in [0.25, 0.3) is 0 Å². The minimum absolute atomic E-state index is 0.586. The summed E-state index contributed by atoms with van der Waals surface area (Å²) in [6.45, 7) is 5.35. The number of hydrogen-bond acceptors (Lipinski definition) is 2. The maximum atomic E-state index is 3.45. The molecule has 0 saturated carbocycles. The van der Waals surface area contributed by atoms with Crippen LogP contribution in [0.25, 0.3) is 0 Å². The highest BCUT2D eigenvalue weighted by molar-refractivity contribution is 7.07. The molecule has 0 spiro atoms. The zero-order chi connectivity index (χ0) is 11.4. The monoisotopic (exact) mass is 231 g/mol. The van der Waals surface area contributed by atoms with E-state index in [1.807, 2.05) is 0 Å². The molecule has 2 heteroatoms. The summed E-state index contributed by atoms with van der Waals surface area (Å²) >= 11 is 1.74. The van der Waals surface area contributed by atoms with Gasteiger partial charge in [-0.25, -0.2) is 0 Å². The smallest absolute Gasteiger partial charge is 0.0409 e. The van der Waals surface area contributed by atoms with Crippen molar-refractivity contribution in [2.24, 2.45) is 0 Å². The Bertz CT molecular complexity index is 432. The van der Waals surface area contributed by atoms with Crippen LogP contribution < -0.4 is 5.32 Å². The quantitative estimate of drug-likeness (QED) is 0.818. The first-order valence-electron chi connectivity index (χ1n) is 5.60. The molecule has 1 N–H and O–H groups in total. The Morgan fingerprint density at radius 2 is 2.12 bits per heavy atom. The summed E-state index contributed by atoms with van der Waals surface area (Å²) < 4.78 is 0. The highest BCUT2D eigenvalue weighted by Crippen LogP contribution is 2.19. The van der Waals surface area contributed by atoms with Crippen LogP contribution in [0.1, 0.15) is 30.9 Å². The third-order valence-electron chi connectivity index (χ3n) is 2.63. The second kappa shape index (κ2) is 5.17. The van der Waals surface area contributed by atoms with Crippen LogP contribution in [0.5, 0.6) is 0 Å². The fraction of sp³-hybridized carbons (Fsp3) is 0.286. The van der Waals surface area contributed by atoms with Gasteiger partial charge in [0, 0.05) is 12.2 Å². The Morgan fingerprint density at radius 3 is 2.81 bits per heavy atom. The van der Waals surface area contributed by atoms with Crippen LogP contribution in [0.2, 0.25) is 0 Å². The van der Waals surface area contributed by atoms with E-state index in [9.17, 15) is 0 Å². The number of rotatable bonds is 4. The SMILES string of the molecule is CC(C)c1cccc(NCc2ccsc2)c1. The summed E-state index contributed by atoms with van der Waals surface area (Å²) in [5, 5.41) is 7.74. The summed E-state index contributed by atoms with van der Waals surface area (Å²) in [6.07, 6.45) is 0. The number of hydrogen-bond donors (Lipinski definition) is 1. The van der Waals surface area contributed by atoms with E-state index in [0.29, 0.717) is 5.92 Å². The zero-order valence-electron chi connectivity index (χ0n) is 9.73. The molecule has 0 aliphatic rings. The van der Waals surface area contributed by atoms with Gasteiger partial charge in [-0.15, -0.1) is 0 Å². The molecular formula is C14H17NS. The van der Waals surface area contributed by atoms with E-state index in [1.54, 1.807) is 11.3 Å². The van der Waals surface area contributed by atoms with Crippen molar-refractivity contribution in [1.82, 2.24) is 0 Å².